The topological polar surface area (TPSA) is 118 Å². The van der Waals surface area contributed by atoms with Crippen LogP contribution in [-0.2, 0) is 4.79 Å². The molecule has 0 spiro atoms. The van der Waals surface area contributed by atoms with Gasteiger partial charge in [-0.25, -0.2) is 4.63 Å². The average Bonchev–Trinajstić information content (AvgIpc) is 2.86. The molecule has 0 amide bonds. The van der Waals surface area contributed by atoms with Crippen LogP contribution in [0.1, 0.15) is 5.69 Å². The summed E-state index contributed by atoms with van der Waals surface area (Å²) in [7, 11) is 1.70. The maximum atomic E-state index is 12.2. The number of Topliss-reactive ketones (excluding diaryl/α,β-unsaturated/α-hetero) is 1. The van der Waals surface area contributed by atoms with E-state index >= 15 is 0 Å². The Kier molecular flexibility index (Phi) is 4.39. The lowest BCUT2D eigenvalue weighted by atomic mass is 10.1. The van der Waals surface area contributed by atoms with E-state index in [-0.39, 0.29) is 23.8 Å². The van der Waals surface area contributed by atoms with E-state index in [4.69, 9.17) is 22.5 Å². The first-order valence-corrected chi connectivity index (χ1v) is 6.21. The van der Waals surface area contributed by atoms with Crippen molar-refractivity contribution < 1.29 is 14.6 Å². The van der Waals surface area contributed by atoms with Crippen molar-refractivity contribution in [2.45, 2.75) is 0 Å². The minimum atomic E-state index is -0.498. The van der Waals surface area contributed by atoms with Crippen LogP contribution in [0.15, 0.2) is 34.1 Å². The zero-order valence-corrected chi connectivity index (χ0v) is 11.8. The van der Waals surface area contributed by atoms with Crippen LogP contribution in [0.3, 0.4) is 0 Å². The Labute approximate surface area is 124 Å². The van der Waals surface area contributed by atoms with Gasteiger partial charge in [-0.1, -0.05) is 22.8 Å². The van der Waals surface area contributed by atoms with Crippen LogP contribution in [0.2, 0.25) is 5.02 Å². The molecule has 9 heteroatoms. The maximum absolute atomic E-state index is 12.2. The molecule has 0 aliphatic rings. The van der Waals surface area contributed by atoms with Gasteiger partial charge in [0.15, 0.2) is 17.2 Å². The highest BCUT2D eigenvalue weighted by Crippen LogP contribution is 2.18. The van der Waals surface area contributed by atoms with Gasteiger partial charge < -0.3 is 15.8 Å². The molecule has 21 heavy (non-hydrogen) atoms. The molecule has 2 rings (SSSR count). The number of aromatic nitrogens is 2. The third-order valence-electron chi connectivity index (χ3n) is 2.73. The highest BCUT2D eigenvalue weighted by Gasteiger charge is 2.23. The fraction of sp³-hybridized carbons (Fsp3) is 0.167. The minimum absolute atomic E-state index is 0.0635. The molecule has 1 aromatic heterocycles. The number of halogens is 1. The van der Waals surface area contributed by atoms with Crippen LogP contribution in [0.25, 0.3) is 0 Å². The second kappa shape index (κ2) is 6.23. The first kappa shape index (κ1) is 14.8. The number of anilines is 2. The van der Waals surface area contributed by atoms with Gasteiger partial charge in [0.25, 0.3) is 0 Å². The predicted octanol–water partition coefficient (Wildman–Crippen LogP) is 1.19. The number of hydrogen-bond acceptors (Lipinski definition) is 8. The molecule has 0 fully saturated rings. The first-order chi connectivity index (χ1) is 10.0. The molecule has 0 saturated carbocycles. The lowest BCUT2D eigenvalue weighted by Gasteiger charge is -2.18. The summed E-state index contributed by atoms with van der Waals surface area (Å²) in [5.74, 6) is -0.621. The van der Waals surface area contributed by atoms with Gasteiger partial charge in [0.2, 0.25) is 5.78 Å². The molecule has 2 aromatic rings. The molecule has 0 aliphatic carbocycles. The summed E-state index contributed by atoms with van der Waals surface area (Å²) in [5, 5.41) is 19.2. The number of nitrogens with zero attached hydrogens (tertiary/aromatic N) is 4. The van der Waals surface area contributed by atoms with Crippen molar-refractivity contribution in [1.82, 2.24) is 10.3 Å². The van der Waals surface area contributed by atoms with Crippen molar-refractivity contribution in [3.63, 3.8) is 0 Å². The predicted molar refractivity (Wildman–Crippen MR) is 76.8 cm³/mol. The molecule has 0 radical (unpaired) electrons. The van der Waals surface area contributed by atoms with Gasteiger partial charge in [0.05, 0.1) is 6.54 Å². The minimum Gasteiger partial charge on any atom is -0.410 e. The summed E-state index contributed by atoms with van der Waals surface area (Å²) in [6.45, 7) is -0.0635. The molecule has 8 nitrogen and oxygen atoms in total. The second-order valence-corrected chi connectivity index (χ2v) is 4.64. The number of carbonyl (C=O) groups is 1. The number of ketones is 1. The fourth-order valence-corrected chi connectivity index (χ4v) is 1.87. The molecule has 3 N–H and O–H groups in total. The molecule has 1 aromatic carbocycles. The number of oxime groups is 1. The Morgan fingerprint density at radius 3 is 2.86 bits per heavy atom. The van der Waals surface area contributed by atoms with E-state index in [0.29, 0.717) is 5.02 Å². The smallest absolute Gasteiger partial charge is 0.206 e. The number of hydrogen-bond donors (Lipinski definition) is 2. The molecule has 1 heterocycles. The molecule has 110 valence electrons. The standard InChI is InChI=1S/C12H12ClN5O3/c1-18(8-4-2-3-7(13)5-8)6-9(19)10(15-20)11-12(14)17-21-16-11/h2-5,20H,6H2,1H3,(H2,14,17). The van der Waals surface area contributed by atoms with Gasteiger partial charge in [-0.3, -0.25) is 4.79 Å². The third kappa shape index (κ3) is 3.29. The number of benzene rings is 1. The zero-order valence-electron chi connectivity index (χ0n) is 11.0. The zero-order chi connectivity index (χ0) is 15.4. The number of nitrogen functional groups attached to an aromatic ring is 1. The second-order valence-electron chi connectivity index (χ2n) is 4.21. The quantitative estimate of drug-likeness (QED) is 0.484. The molecular weight excluding hydrogens is 298 g/mol. The molecule has 0 bridgehead atoms. The van der Waals surface area contributed by atoms with Crippen LogP contribution in [0.4, 0.5) is 11.5 Å². The lowest BCUT2D eigenvalue weighted by Crippen LogP contribution is -2.31. The number of nitrogens with two attached hydrogens (primary N) is 1. The third-order valence-corrected chi connectivity index (χ3v) is 2.97. The van der Waals surface area contributed by atoms with Gasteiger partial charge in [-0.05, 0) is 28.5 Å². The van der Waals surface area contributed by atoms with Gasteiger partial charge in [-0.2, -0.15) is 0 Å². The van der Waals surface area contributed by atoms with E-state index in [1.54, 1.807) is 36.2 Å². The van der Waals surface area contributed by atoms with Gasteiger partial charge in [0.1, 0.15) is 0 Å². The van der Waals surface area contributed by atoms with E-state index < -0.39 is 5.78 Å². The summed E-state index contributed by atoms with van der Waals surface area (Å²) in [6, 6.07) is 6.99. The lowest BCUT2D eigenvalue weighted by molar-refractivity contribution is -0.111. The Balaban J connectivity index is 2.15. The van der Waals surface area contributed by atoms with Crippen molar-refractivity contribution in [3.8, 4) is 0 Å². The largest absolute Gasteiger partial charge is 0.410 e. The maximum Gasteiger partial charge on any atom is 0.206 e. The molecule has 0 unspecified atom stereocenters. The van der Waals surface area contributed by atoms with Crippen molar-refractivity contribution in [3.05, 3.63) is 35.0 Å². The van der Waals surface area contributed by atoms with E-state index in [0.717, 1.165) is 5.69 Å². The van der Waals surface area contributed by atoms with Crippen LogP contribution in [0, 0.1) is 0 Å². The van der Waals surface area contributed by atoms with E-state index in [1.807, 2.05) is 0 Å². The Hall–Kier alpha value is -2.61. The van der Waals surface area contributed by atoms with E-state index in [1.165, 1.54) is 0 Å². The van der Waals surface area contributed by atoms with Crippen molar-refractivity contribution in [2.24, 2.45) is 5.16 Å². The van der Waals surface area contributed by atoms with Crippen LogP contribution in [-0.4, -0.2) is 40.6 Å². The highest BCUT2D eigenvalue weighted by molar-refractivity contribution is 6.47. The summed E-state index contributed by atoms with van der Waals surface area (Å²) < 4.78 is 4.38. The first-order valence-electron chi connectivity index (χ1n) is 5.83. The molecule has 0 saturated heterocycles. The summed E-state index contributed by atoms with van der Waals surface area (Å²) in [4.78, 5) is 13.8. The Bertz CT molecular complexity index is 685. The van der Waals surface area contributed by atoms with Crippen molar-refractivity contribution in [1.29, 1.82) is 0 Å². The summed E-state index contributed by atoms with van der Waals surface area (Å²) in [6.07, 6.45) is 0. The summed E-state index contributed by atoms with van der Waals surface area (Å²) >= 11 is 5.89. The van der Waals surface area contributed by atoms with Crippen LogP contribution >= 0.6 is 11.6 Å². The van der Waals surface area contributed by atoms with Crippen molar-refractivity contribution >= 4 is 34.6 Å². The number of carbonyl (C=O) groups excluding carboxylic acids is 1. The SMILES string of the molecule is CN(CC(=O)C(=NO)c1nonc1N)c1cccc(Cl)c1. The van der Waals surface area contributed by atoms with E-state index in [2.05, 4.69) is 20.1 Å². The van der Waals surface area contributed by atoms with Crippen LogP contribution in [0.5, 0.6) is 0 Å². The number of likely N-dealkylation sites (N-methyl/N-ethyl adjacent to an activating group) is 1. The van der Waals surface area contributed by atoms with Gasteiger partial charge in [0, 0.05) is 17.8 Å². The fourth-order valence-electron chi connectivity index (χ4n) is 1.69. The van der Waals surface area contributed by atoms with Crippen molar-refractivity contribution in [2.75, 3.05) is 24.2 Å². The van der Waals surface area contributed by atoms with Gasteiger partial charge in [-0.15, -0.1) is 0 Å². The molecular formula is C12H12ClN5O3. The molecule has 0 aliphatic heterocycles. The average molecular weight is 310 g/mol. The van der Waals surface area contributed by atoms with E-state index in [9.17, 15) is 4.79 Å². The van der Waals surface area contributed by atoms with Gasteiger partial charge >= 0.3 is 0 Å². The summed E-state index contributed by atoms with van der Waals surface area (Å²) in [5.41, 5.74) is 5.80. The Morgan fingerprint density at radius 1 is 1.52 bits per heavy atom. The number of rotatable bonds is 5. The van der Waals surface area contributed by atoms with Crippen LogP contribution < -0.4 is 10.6 Å². The molecule has 0 atom stereocenters. The Morgan fingerprint density at radius 2 is 2.29 bits per heavy atom. The monoisotopic (exact) mass is 309 g/mol. The normalized spacial score (nSPS) is 11.4. The highest BCUT2D eigenvalue weighted by atomic mass is 35.5.